The first-order valence-electron chi connectivity index (χ1n) is 10.4. The van der Waals surface area contributed by atoms with Crippen molar-refractivity contribution in [3.05, 3.63) is 35.7 Å². The Kier molecular flexibility index (Phi) is 5.39. The average molecular weight is 396 g/mol. The zero-order valence-electron chi connectivity index (χ0n) is 17.5. The van der Waals surface area contributed by atoms with E-state index in [9.17, 15) is 4.79 Å². The van der Waals surface area contributed by atoms with Gasteiger partial charge in [-0.25, -0.2) is 14.8 Å². The first-order chi connectivity index (χ1) is 13.9. The van der Waals surface area contributed by atoms with Crippen LogP contribution >= 0.6 is 0 Å². The summed E-state index contributed by atoms with van der Waals surface area (Å²) in [5.74, 6) is 1.70. The third-order valence-electron chi connectivity index (χ3n) is 5.25. The molecule has 7 heteroatoms. The highest BCUT2D eigenvalue weighted by Crippen LogP contribution is 2.31. The Morgan fingerprint density at radius 1 is 1.03 bits per heavy atom. The number of amides is 1. The van der Waals surface area contributed by atoms with E-state index in [1.54, 1.807) is 6.20 Å². The molecule has 1 aliphatic carbocycles. The predicted molar refractivity (Wildman–Crippen MR) is 112 cm³/mol. The van der Waals surface area contributed by atoms with Gasteiger partial charge in [-0.2, -0.15) is 0 Å². The van der Waals surface area contributed by atoms with Gasteiger partial charge in [-0.3, -0.25) is 4.98 Å². The van der Waals surface area contributed by atoms with E-state index in [0.29, 0.717) is 18.9 Å². The molecule has 0 bridgehead atoms. The maximum absolute atomic E-state index is 12.5. The molecule has 0 atom stereocenters. The van der Waals surface area contributed by atoms with Gasteiger partial charge < -0.3 is 14.5 Å². The first-order valence-corrected chi connectivity index (χ1v) is 10.4. The van der Waals surface area contributed by atoms with Gasteiger partial charge >= 0.3 is 6.09 Å². The molecule has 2 aromatic heterocycles. The molecular formula is C22H29N5O2. The van der Waals surface area contributed by atoms with Crippen molar-refractivity contribution in [2.75, 3.05) is 31.1 Å². The number of aryl methyl sites for hydroxylation is 1. The Morgan fingerprint density at radius 2 is 1.90 bits per heavy atom. The lowest BCUT2D eigenvalue weighted by atomic mass is 10.2. The van der Waals surface area contributed by atoms with Crippen LogP contribution in [0.15, 0.2) is 24.4 Å². The lowest BCUT2D eigenvalue weighted by molar-refractivity contribution is 0.0263. The molecule has 0 saturated carbocycles. The van der Waals surface area contributed by atoms with E-state index in [1.807, 2.05) is 43.9 Å². The van der Waals surface area contributed by atoms with Gasteiger partial charge in [-0.15, -0.1) is 0 Å². The van der Waals surface area contributed by atoms with Gasteiger partial charge in [0.1, 0.15) is 17.1 Å². The van der Waals surface area contributed by atoms with Crippen LogP contribution in [0.25, 0.3) is 11.5 Å². The standard InChI is InChI=1S/C22H29N5O2/c1-22(2,3)29-21(28)27-13-7-12-26(14-15-27)20-16-8-6-10-17(16)24-19(25-20)18-9-4-5-11-23-18/h4-5,9,11H,6-8,10,12-15H2,1-3H3. The molecule has 1 amide bonds. The highest BCUT2D eigenvalue weighted by atomic mass is 16.6. The zero-order valence-corrected chi connectivity index (χ0v) is 17.5. The van der Waals surface area contributed by atoms with Gasteiger partial charge in [0.25, 0.3) is 0 Å². The molecule has 1 saturated heterocycles. The monoisotopic (exact) mass is 395 g/mol. The lowest BCUT2D eigenvalue weighted by Crippen LogP contribution is -2.39. The Morgan fingerprint density at radius 3 is 2.66 bits per heavy atom. The normalized spacial score (nSPS) is 17.1. The fourth-order valence-corrected chi connectivity index (χ4v) is 3.92. The minimum atomic E-state index is -0.478. The second-order valence-corrected chi connectivity index (χ2v) is 8.67. The number of fused-ring (bicyclic) bond motifs is 1. The maximum atomic E-state index is 12.5. The van der Waals surface area contributed by atoms with Crippen LogP contribution in [0.2, 0.25) is 0 Å². The quantitative estimate of drug-likeness (QED) is 0.775. The third kappa shape index (κ3) is 4.49. The Balaban J connectivity index is 1.57. The highest BCUT2D eigenvalue weighted by molar-refractivity contribution is 5.68. The number of ether oxygens (including phenoxy) is 1. The SMILES string of the molecule is CC(C)(C)OC(=O)N1CCCN(c2nc(-c3ccccn3)nc3c2CCC3)CC1. The van der Waals surface area contributed by atoms with E-state index in [1.165, 1.54) is 5.56 Å². The molecule has 0 N–H and O–H groups in total. The van der Waals surface area contributed by atoms with Crippen molar-refractivity contribution in [2.24, 2.45) is 0 Å². The maximum Gasteiger partial charge on any atom is 0.410 e. The van der Waals surface area contributed by atoms with Crippen LogP contribution in [-0.2, 0) is 17.6 Å². The van der Waals surface area contributed by atoms with Crippen LogP contribution in [0.5, 0.6) is 0 Å². The minimum Gasteiger partial charge on any atom is -0.444 e. The molecule has 0 spiro atoms. The van der Waals surface area contributed by atoms with Gasteiger partial charge in [0, 0.05) is 43.6 Å². The molecule has 29 heavy (non-hydrogen) atoms. The zero-order chi connectivity index (χ0) is 20.4. The molecule has 0 aromatic carbocycles. The van der Waals surface area contributed by atoms with Gasteiger partial charge in [0.05, 0.1) is 0 Å². The van der Waals surface area contributed by atoms with Crippen molar-refractivity contribution in [1.82, 2.24) is 19.9 Å². The minimum absolute atomic E-state index is 0.235. The van der Waals surface area contributed by atoms with E-state index in [-0.39, 0.29) is 6.09 Å². The van der Waals surface area contributed by atoms with Crippen LogP contribution < -0.4 is 4.90 Å². The molecule has 4 rings (SSSR count). The smallest absolute Gasteiger partial charge is 0.410 e. The van der Waals surface area contributed by atoms with Crippen LogP contribution in [0.3, 0.4) is 0 Å². The highest BCUT2D eigenvalue weighted by Gasteiger charge is 2.28. The fraction of sp³-hybridized carbons (Fsp3) is 0.545. The molecule has 1 aliphatic heterocycles. The second-order valence-electron chi connectivity index (χ2n) is 8.67. The Bertz CT molecular complexity index is 879. The molecule has 2 aliphatic rings. The van der Waals surface area contributed by atoms with Crippen molar-refractivity contribution in [1.29, 1.82) is 0 Å². The summed E-state index contributed by atoms with van der Waals surface area (Å²) in [7, 11) is 0. The van der Waals surface area contributed by atoms with E-state index >= 15 is 0 Å². The number of hydrogen-bond acceptors (Lipinski definition) is 6. The molecule has 2 aromatic rings. The van der Waals surface area contributed by atoms with Gasteiger partial charge in [0.2, 0.25) is 0 Å². The molecule has 154 valence electrons. The molecule has 1 fully saturated rings. The van der Waals surface area contributed by atoms with E-state index < -0.39 is 5.60 Å². The molecule has 3 heterocycles. The summed E-state index contributed by atoms with van der Waals surface area (Å²) >= 11 is 0. The number of carbonyl (C=O) groups is 1. The first kappa shape index (κ1) is 19.6. The molecule has 0 radical (unpaired) electrons. The fourth-order valence-electron chi connectivity index (χ4n) is 3.92. The van der Waals surface area contributed by atoms with Crippen LogP contribution in [0, 0.1) is 0 Å². The summed E-state index contributed by atoms with van der Waals surface area (Å²) in [5.41, 5.74) is 2.72. The van der Waals surface area contributed by atoms with Gasteiger partial charge in [-0.05, 0) is 58.6 Å². The van der Waals surface area contributed by atoms with Crippen molar-refractivity contribution >= 4 is 11.9 Å². The molecule has 7 nitrogen and oxygen atoms in total. The van der Waals surface area contributed by atoms with Crippen LogP contribution in [0.4, 0.5) is 10.6 Å². The number of carbonyl (C=O) groups excluding carboxylic acids is 1. The summed E-state index contributed by atoms with van der Waals surface area (Å²) < 4.78 is 5.56. The number of aromatic nitrogens is 3. The third-order valence-corrected chi connectivity index (χ3v) is 5.25. The molecule has 0 unspecified atom stereocenters. The number of anilines is 1. The Hall–Kier alpha value is -2.70. The summed E-state index contributed by atoms with van der Waals surface area (Å²) in [6.45, 7) is 8.64. The second kappa shape index (κ2) is 7.97. The summed E-state index contributed by atoms with van der Waals surface area (Å²) in [6.07, 6.45) is 5.54. The van der Waals surface area contributed by atoms with E-state index in [2.05, 4.69) is 9.88 Å². The Labute approximate surface area is 172 Å². The summed E-state index contributed by atoms with van der Waals surface area (Å²) in [5, 5.41) is 0. The van der Waals surface area contributed by atoms with Crippen molar-refractivity contribution in [2.45, 2.75) is 52.1 Å². The lowest BCUT2D eigenvalue weighted by Gasteiger charge is -2.27. The van der Waals surface area contributed by atoms with Crippen LogP contribution in [0.1, 0.15) is 44.9 Å². The van der Waals surface area contributed by atoms with E-state index in [0.717, 1.165) is 56.0 Å². The van der Waals surface area contributed by atoms with Crippen molar-refractivity contribution in [3.63, 3.8) is 0 Å². The van der Waals surface area contributed by atoms with Crippen LogP contribution in [-0.4, -0.2) is 57.7 Å². The number of hydrogen-bond donors (Lipinski definition) is 0. The van der Waals surface area contributed by atoms with Gasteiger partial charge in [-0.1, -0.05) is 6.07 Å². The number of rotatable bonds is 2. The van der Waals surface area contributed by atoms with Crippen molar-refractivity contribution in [3.8, 4) is 11.5 Å². The summed E-state index contributed by atoms with van der Waals surface area (Å²) in [4.78, 5) is 30.8. The van der Waals surface area contributed by atoms with E-state index in [4.69, 9.17) is 14.7 Å². The predicted octanol–water partition coefficient (Wildman–Crippen LogP) is 3.47. The average Bonchev–Trinajstić information content (AvgIpc) is 3.02. The van der Waals surface area contributed by atoms with Crippen molar-refractivity contribution < 1.29 is 9.53 Å². The topological polar surface area (TPSA) is 71.5 Å². The largest absolute Gasteiger partial charge is 0.444 e. The molecular weight excluding hydrogens is 366 g/mol. The van der Waals surface area contributed by atoms with Gasteiger partial charge in [0.15, 0.2) is 5.82 Å². The number of nitrogens with zero attached hydrogens (tertiary/aromatic N) is 5. The number of pyridine rings is 1. The summed E-state index contributed by atoms with van der Waals surface area (Å²) in [6, 6.07) is 5.81.